The summed E-state index contributed by atoms with van der Waals surface area (Å²) in [4.78, 5) is 15.3. The number of halogens is 1. The van der Waals surface area contributed by atoms with E-state index in [0.29, 0.717) is 0 Å². The lowest BCUT2D eigenvalue weighted by Crippen LogP contribution is -2.47. The minimum atomic E-state index is -2.50. The molecule has 0 aliphatic carbocycles. The zero-order chi connectivity index (χ0) is 16.5. The molecular weight excluding hydrogens is 340 g/mol. The number of aromatic nitrogens is 2. The van der Waals surface area contributed by atoms with Crippen LogP contribution in [0.1, 0.15) is 6.23 Å². The quantitative estimate of drug-likeness (QED) is 0.498. The highest BCUT2D eigenvalue weighted by atomic mass is 32.7. The highest BCUT2D eigenvalue weighted by Crippen LogP contribution is 2.45. The first-order valence-corrected chi connectivity index (χ1v) is 8.33. The molecule has 0 spiro atoms. The van der Waals surface area contributed by atoms with Crippen LogP contribution in [0.25, 0.3) is 0 Å². The van der Waals surface area contributed by atoms with Crippen molar-refractivity contribution in [2.45, 2.75) is 24.3 Å². The van der Waals surface area contributed by atoms with Crippen LogP contribution in [0.2, 0.25) is 0 Å². The molecule has 3 N–H and O–H groups in total. The van der Waals surface area contributed by atoms with Crippen molar-refractivity contribution < 1.29 is 28.1 Å². The van der Waals surface area contributed by atoms with Crippen molar-refractivity contribution >= 4 is 25.3 Å². The second kappa shape index (κ2) is 6.57. The number of nitrogens with two attached hydrogens (primary N) is 1. The van der Waals surface area contributed by atoms with E-state index >= 15 is 0 Å². The van der Waals surface area contributed by atoms with Crippen LogP contribution in [0, 0.1) is 0 Å². The molecule has 0 bridgehead atoms. The SMILES string of the molecule is CO[C@]1(CO)OC(n2ccc(N)nc2=O)C(F)C1O[P+](=O)S. The van der Waals surface area contributed by atoms with Gasteiger partial charge < -0.3 is 20.3 Å². The van der Waals surface area contributed by atoms with Gasteiger partial charge in [-0.25, -0.2) is 9.18 Å². The average molecular weight is 354 g/mol. The fourth-order valence-corrected chi connectivity index (χ4v) is 2.93. The van der Waals surface area contributed by atoms with Crippen molar-refractivity contribution in [3.63, 3.8) is 0 Å². The molecule has 1 saturated heterocycles. The molecule has 1 fully saturated rings. The van der Waals surface area contributed by atoms with Gasteiger partial charge in [0.15, 0.2) is 12.4 Å². The van der Waals surface area contributed by atoms with Crippen molar-refractivity contribution in [2.75, 3.05) is 19.5 Å². The number of nitrogens with zero attached hydrogens (tertiary/aromatic N) is 2. The molecule has 2 rings (SSSR count). The Morgan fingerprint density at radius 3 is 2.91 bits per heavy atom. The average Bonchev–Trinajstić information content (AvgIpc) is 2.73. The lowest BCUT2D eigenvalue weighted by atomic mass is 10.1. The Morgan fingerprint density at radius 2 is 2.41 bits per heavy atom. The van der Waals surface area contributed by atoms with Crippen LogP contribution in [-0.4, -0.2) is 46.4 Å². The molecule has 22 heavy (non-hydrogen) atoms. The third kappa shape index (κ3) is 3.00. The fourth-order valence-electron chi connectivity index (χ4n) is 2.15. The molecule has 1 aliphatic heterocycles. The van der Waals surface area contributed by atoms with Crippen LogP contribution in [-0.2, 0) is 18.6 Å². The van der Waals surface area contributed by atoms with E-state index in [9.17, 15) is 18.9 Å². The lowest BCUT2D eigenvalue weighted by molar-refractivity contribution is -0.265. The third-order valence-corrected chi connectivity index (χ3v) is 3.90. The molecule has 0 aromatic carbocycles. The van der Waals surface area contributed by atoms with Gasteiger partial charge in [0.1, 0.15) is 24.7 Å². The third-order valence-electron chi connectivity index (χ3n) is 3.21. The summed E-state index contributed by atoms with van der Waals surface area (Å²) in [5.41, 5.74) is 4.51. The highest BCUT2D eigenvalue weighted by Gasteiger charge is 2.61. The van der Waals surface area contributed by atoms with E-state index in [1.54, 1.807) is 0 Å². The first-order valence-electron chi connectivity index (χ1n) is 6.00. The summed E-state index contributed by atoms with van der Waals surface area (Å²) in [5, 5.41) is 9.46. The number of ether oxygens (including phenoxy) is 2. The maximum Gasteiger partial charge on any atom is 0.582 e. The van der Waals surface area contributed by atoms with Gasteiger partial charge in [-0.15, -0.1) is 4.52 Å². The number of anilines is 1. The summed E-state index contributed by atoms with van der Waals surface area (Å²) in [5.74, 6) is -1.97. The minimum absolute atomic E-state index is 0.0407. The minimum Gasteiger partial charge on any atom is -0.391 e. The predicted octanol–water partition coefficient (Wildman–Crippen LogP) is -0.000200. The molecule has 0 amide bonds. The zero-order valence-electron chi connectivity index (χ0n) is 11.3. The van der Waals surface area contributed by atoms with E-state index in [0.717, 1.165) is 11.7 Å². The van der Waals surface area contributed by atoms with Crippen LogP contribution in [0.15, 0.2) is 17.1 Å². The molecule has 0 saturated carbocycles. The molecule has 9 nitrogen and oxygen atoms in total. The lowest BCUT2D eigenvalue weighted by Gasteiger charge is -2.27. The number of hydrogen-bond acceptors (Lipinski definition) is 8. The zero-order valence-corrected chi connectivity index (χ0v) is 13.1. The van der Waals surface area contributed by atoms with Crippen molar-refractivity contribution in [1.82, 2.24) is 9.55 Å². The molecule has 1 aromatic heterocycles. The molecule has 1 aliphatic rings. The number of aliphatic hydroxyl groups excluding tert-OH is 1. The van der Waals surface area contributed by atoms with Crippen molar-refractivity contribution in [3.05, 3.63) is 22.7 Å². The van der Waals surface area contributed by atoms with E-state index in [1.807, 2.05) is 0 Å². The molecule has 0 radical (unpaired) electrons. The predicted molar refractivity (Wildman–Crippen MR) is 76.2 cm³/mol. The van der Waals surface area contributed by atoms with Crippen molar-refractivity contribution in [3.8, 4) is 0 Å². The fraction of sp³-hybridized carbons (Fsp3) is 0.600. The van der Waals surface area contributed by atoms with E-state index in [4.69, 9.17) is 19.7 Å². The number of aliphatic hydroxyl groups is 1. The Bertz CT molecular complexity index is 627. The van der Waals surface area contributed by atoms with Crippen molar-refractivity contribution in [1.29, 1.82) is 0 Å². The van der Waals surface area contributed by atoms with Crippen LogP contribution >= 0.6 is 19.5 Å². The van der Waals surface area contributed by atoms with Gasteiger partial charge in [-0.1, -0.05) is 0 Å². The van der Waals surface area contributed by atoms with Gasteiger partial charge in [0.2, 0.25) is 11.9 Å². The molecular formula is C10H14FN3O6PS+. The monoisotopic (exact) mass is 354 g/mol. The van der Waals surface area contributed by atoms with Gasteiger partial charge in [-0.3, -0.25) is 4.57 Å². The molecule has 122 valence electrons. The van der Waals surface area contributed by atoms with Crippen LogP contribution in [0.5, 0.6) is 0 Å². The summed E-state index contributed by atoms with van der Waals surface area (Å²) >= 11 is 3.55. The van der Waals surface area contributed by atoms with Gasteiger partial charge in [-0.05, 0) is 10.6 Å². The molecule has 4 unspecified atom stereocenters. The smallest absolute Gasteiger partial charge is 0.391 e. The molecule has 5 atom stereocenters. The Hall–Kier alpha value is -1.10. The summed E-state index contributed by atoms with van der Waals surface area (Å²) in [7, 11) is -1.35. The van der Waals surface area contributed by atoms with E-state index in [1.165, 1.54) is 12.3 Å². The second-order valence-corrected chi connectivity index (χ2v) is 6.10. The normalized spacial score (nSPS) is 32.2. The highest BCUT2D eigenvalue weighted by molar-refractivity contribution is 8.39. The first-order chi connectivity index (χ1) is 10.3. The van der Waals surface area contributed by atoms with E-state index in [2.05, 4.69) is 17.2 Å². The van der Waals surface area contributed by atoms with Crippen molar-refractivity contribution in [2.24, 2.45) is 0 Å². The van der Waals surface area contributed by atoms with Gasteiger partial charge in [0.25, 0.3) is 0 Å². The Labute approximate surface area is 130 Å². The standard InChI is InChI=1S/C10H13FN3O6PS/c1-18-10(4-15)7(20-21(17)22)6(11)8(19-10)14-3-2-5(12)13-9(14)16/h2-3,6-8,15H,4H2,1H3,(H2-,12,13,16,17,22)/p+1/t6?,7?,8?,10-/m1/s1. The Kier molecular flexibility index (Phi) is 5.15. The summed E-state index contributed by atoms with van der Waals surface area (Å²) in [6.45, 7) is -0.792. The maximum absolute atomic E-state index is 14.6. The summed E-state index contributed by atoms with van der Waals surface area (Å²) in [6, 6.07) is 1.28. The largest absolute Gasteiger partial charge is 0.582 e. The topological polar surface area (TPSA) is 126 Å². The van der Waals surface area contributed by atoms with Crippen LogP contribution in [0.4, 0.5) is 10.2 Å². The van der Waals surface area contributed by atoms with Gasteiger partial charge in [-0.2, -0.15) is 4.98 Å². The Balaban J connectivity index is 2.42. The van der Waals surface area contributed by atoms with E-state index in [-0.39, 0.29) is 5.82 Å². The molecule has 2 heterocycles. The van der Waals surface area contributed by atoms with Gasteiger partial charge in [0, 0.05) is 13.3 Å². The van der Waals surface area contributed by atoms with E-state index < -0.39 is 43.8 Å². The maximum atomic E-state index is 14.6. The second-order valence-electron chi connectivity index (χ2n) is 4.43. The summed E-state index contributed by atoms with van der Waals surface area (Å²) in [6.07, 6.45) is -3.84. The summed E-state index contributed by atoms with van der Waals surface area (Å²) < 4.78 is 41.8. The first kappa shape index (κ1) is 17.3. The number of methoxy groups -OCH3 is 1. The molecule has 12 heteroatoms. The van der Waals surface area contributed by atoms with Gasteiger partial charge in [0.05, 0.1) is 0 Å². The number of hydrogen-bond donors (Lipinski definition) is 3. The van der Waals surface area contributed by atoms with Crippen LogP contribution < -0.4 is 11.4 Å². The number of alkyl halides is 1. The molecule has 1 aromatic rings. The number of thiol groups is 1. The van der Waals surface area contributed by atoms with Gasteiger partial charge >= 0.3 is 12.9 Å². The Morgan fingerprint density at radius 1 is 1.73 bits per heavy atom. The van der Waals surface area contributed by atoms with Crippen LogP contribution in [0.3, 0.4) is 0 Å². The number of rotatable bonds is 5. The number of nitrogen functional groups attached to an aromatic ring is 1.